The van der Waals surface area contributed by atoms with Crippen molar-refractivity contribution < 1.29 is 4.79 Å². The summed E-state index contributed by atoms with van der Waals surface area (Å²) in [6.45, 7) is 2.43. The number of carbonyl (C=O) groups is 1. The number of guanidine groups is 1. The van der Waals surface area contributed by atoms with Gasteiger partial charge >= 0.3 is 0 Å². The van der Waals surface area contributed by atoms with Gasteiger partial charge in [-0.05, 0) is 36.5 Å². The average molecular weight is 468 g/mol. The summed E-state index contributed by atoms with van der Waals surface area (Å²) in [5.41, 5.74) is 0. The number of halogens is 1. The maximum Gasteiger partial charge on any atom is 0.261 e. The largest absolute Gasteiger partial charge is 0.356 e. The van der Waals surface area contributed by atoms with Crippen molar-refractivity contribution in [1.82, 2.24) is 16.0 Å². The second-order valence-corrected chi connectivity index (χ2v) is 7.46. The van der Waals surface area contributed by atoms with Gasteiger partial charge in [0.2, 0.25) is 0 Å². The van der Waals surface area contributed by atoms with Gasteiger partial charge < -0.3 is 16.0 Å². The Morgan fingerprint density at radius 1 is 1.35 bits per heavy atom. The van der Waals surface area contributed by atoms with Crippen LogP contribution in [-0.2, 0) is 0 Å². The van der Waals surface area contributed by atoms with Gasteiger partial charge in [0.25, 0.3) is 5.91 Å². The molecule has 1 aliphatic heterocycles. The zero-order chi connectivity index (χ0) is 15.6. The van der Waals surface area contributed by atoms with Crippen molar-refractivity contribution in [3.05, 3.63) is 22.4 Å². The summed E-state index contributed by atoms with van der Waals surface area (Å²) in [4.78, 5) is 16.7. The van der Waals surface area contributed by atoms with E-state index >= 15 is 0 Å². The van der Waals surface area contributed by atoms with E-state index in [1.165, 1.54) is 29.9 Å². The summed E-state index contributed by atoms with van der Waals surface area (Å²) < 4.78 is 0. The maximum atomic E-state index is 11.7. The third-order valence-corrected chi connectivity index (χ3v) is 5.69. The molecule has 1 aliphatic rings. The number of thiophene rings is 1. The summed E-state index contributed by atoms with van der Waals surface area (Å²) >= 11 is 3.50. The van der Waals surface area contributed by atoms with E-state index < -0.39 is 0 Å². The van der Waals surface area contributed by atoms with Crippen molar-refractivity contribution in [2.24, 2.45) is 4.99 Å². The van der Waals surface area contributed by atoms with Crippen LogP contribution in [0, 0.1) is 0 Å². The van der Waals surface area contributed by atoms with Crippen LogP contribution < -0.4 is 16.0 Å². The SMILES string of the molecule is CN=C(NCCCNC(=O)c1cccs1)NCC1CCCS1.I. The van der Waals surface area contributed by atoms with Gasteiger partial charge in [-0.2, -0.15) is 11.8 Å². The smallest absolute Gasteiger partial charge is 0.261 e. The van der Waals surface area contributed by atoms with E-state index in [9.17, 15) is 4.79 Å². The summed E-state index contributed by atoms with van der Waals surface area (Å²) in [6.07, 6.45) is 3.49. The van der Waals surface area contributed by atoms with Gasteiger partial charge in [-0.1, -0.05) is 6.07 Å². The summed E-state index contributed by atoms with van der Waals surface area (Å²) in [6, 6.07) is 3.73. The standard InChI is InChI=1S/C15H24N4OS2.HI/c1-16-15(19-11-12-5-2-9-21-12)18-8-4-7-17-14(20)13-6-3-10-22-13;/h3,6,10,12H,2,4-5,7-9,11H2,1H3,(H,17,20)(H2,16,18,19);1H. The molecule has 23 heavy (non-hydrogen) atoms. The number of carbonyl (C=O) groups excluding carboxylic acids is 1. The first kappa shape index (κ1) is 20.6. The van der Waals surface area contributed by atoms with E-state index in [1.807, 2.05) is 29.3 Å². The zero-order valence-corrected chi connectivity index (χ0v) is 17.3. The first-order valence-electron chi connectivity index (χ1n) is 7.67. The van der Waals surface area contributed by atoms with Crippen molar-refractivity contribution in [3.63, 3.8) is 0 Å². The summed E-state index contributed by atoms with van der Waals surface area (Å²) in [7, 11) is 1.79. The lowest BCUT2D eigenvalue weighted by Gasteiger charge is -2.14. The molecule has 0 radical (unpaired) electrons. The van der Waals surface area contributed by atoms with Gasteiger partial charge in [-0.3, -0.25) is 9.79 Å². The first-order chi connectivity index (χ1) is 10.8. The lowest BCUT2D eigenvalue weighted by molar-refractivity contribution is 0.0957. The first-order valence-corrected chi connectivity index (χ1v) is 9.60. The maximum absolute atomic E-state index is 11.7. The van der Waals surface area contributed by atoms with Gasteiger partial charge in [0.15, 0.2) is 5.96 Å². The highest BCUT2D eigenvalue weighted by atomic mass is 127. The molecule has 1 aromatic heterocycles. The molecule has 5 nitrogen and oxygen atoms in total. The summed E-state index contributed by atoms with van der Waals surface area (Å²) in [5.74, 6) is 2.13. The topological polar surface area (TPSA) is 65.5 Å². The molecule has 1 unspecified atom stereocenters. The monoisotopic (exact) mass is 468 g/mol. The molecule has 0 aliphatic carbocycles. The van der Waals surface area contributed by atoms with Gasteiger partial charge in [0.05, 0.1) is 4.88 Å². The number of nitrogens with one attached hydrogen (secondary N) is 3. The lowest BCUT2D eigenvalue weighted by atomic mass is 10.2. The predicted molar refractivity (Wildman–Crippen MR) is 112 cm³/mol. The third kappa shape index (κ3) is 7.75. The van der Waals surface area contributed by atoms with Crippen LogP contribution in [0.3, 0.4) is 0 Å². The number of aliphatic imine (C=N–C) groups is 1. The predicted octanol–water partition coefficient (Wildman–Crippen LogP) is 2.55. The molecule has 0 aromatic carbocycles. The minimum atomic E-state index is 0. The number of hydrogen-bond donors (Lipinski definition) is 3. The number of nitrogens with zero attached hydrogens (tertiary/aromatic N) is 1. The Morgan fingerprint density at radius 3 is 2.83 bits per heavy atom. The van der Waals surface area contributed by atoms with Crippen molar-refractivity contribution >= 4 is 58.9 Å². The summed E-state index contributed by atoms with van der Waals surface area (Å²) in [5, 5.41) is 12.2. The Morgan fingerprint density at radius 2 is 2.17 bits per heavy atom. The zero-order valence-electron chi connectivity index (χ0n) is 13.3. The van der Waals surface area contributed by atoms with Crippen LogP contribution in [-0.4, -0.2) is 49.6 Å². The van der Waals surface area contributed by atoms with Crippen LogP contribution >= 0.6 is 47.1 Å². The van der Waals surface area contributed by atoms with Crippen molar-refractivity contribution in [2.45, 2.75) is 24.5 Å². The molecule has 1 saturated heterocycles. The van der Waals surface area contributed by atoms with Crippen LogP contribution in [0.4, 0.5) is 0 Å². The van der Waals surface area contributed by atoms with Crippen LogP contribution in [0.2, 0.25) is 0 Å². The van der Waals surface area contributed by atoms with Crippen LogP contribution in [0.25, 0.3) is 0 Å². The number of amides is 1. The minimum absolute atomic E-state index is 0. The molecule has 0 saturated carbocycles. The lowest BCUT2D eigenvalue weighted by Crippen LogP contribution is -2.41. The number of thioether (sulfide) groups is 1. The fraction of sp³-hybridized carbons (Fsp3) is 0.600. The highest BCUT2D eigenvalue weighted by Gasteiger charge is 2.15. The van der Waals surface area contributed by atoms with E-state index in [-0.39, 0.29) is 29.9 Å². The fourth-order valence-electron chi connectivity index (χ4n) is 2.23. The van der Waals surface area contributed by atoms with Gasteiger partial charge in [-0.15, -0.1) is 35.3 Å². The van der Waals surface area contributed by atoms with E-state index in [2.05, 4.69) is 20.9 Å². The molecule has 8 heteroatoms. The number of hydrogen-bond acceptors (Lipinski definition) is 4. The molecule has 3 N–H and O–H groups in total. The fourth-order valence-corrected chi connectivity index (χ4v) is 4.07. The molecule has 0 bridgehead atoms. The average Bonchev–Trinajstić information content (AvgIpc) is 3.23. The van der Waals surface area contributed by atoms with Gasteiger partial charge in [0.1, 0.15) is 0 Å². The Bertz CT molecular complexity index is 476. The number of rotatable bonds is 7. The Labute approximate surface area is 163 Å². The highest BCUT2D eigenvalue weighted by molar-refractivity contribution is 14.0. The molecule has 130 valence electrons. The normalized spacial score (nSPS) is 17.4. The molecule has 1 amide bonds. The van der Waals surface area contributed by atoms with Crippen molar-refractivity contribution in [1.29, 1.82) is 0 Å². The van der Waals surface area contributed by atoms with E-state index in [0.717, 1.165) is 30.3 Å². The molecule has 2 rings (SSSR count). The highest BCUT2D eigenvalue weighted by Crippen LogP contribution is 2.25. The van der Waals surface area contributed by atoms with Crippen molar-refractivity contribution in [2.75, 3.05) is 32.4 Å². The van der Waals surface area contributed by atoms with E-state index in [4.69, 9.17) is 0 Å². The van der Waals surface area contributed by atoms with Gasteiger partial charge in [0, 0.05) is 31.9 Å². The molecular formula is C15H25IN4OS2. The van der Waals surface area contributed by atoms with E-state index in [0.29, 0.717) is 11.8 Å². The van der Waals surface area contributed by atoms with E-state index in [1.54, 1.807) is 7.05 Å². The van der Waals surface area contributed by atoms with Crippen LogP contribution in [0.15, 0.2) is 22.5 Å². The Balaban J connectivity index is 0.00000264. The molecule has 2 heterocycles. The Hall–Kier alpha value is -0.480. The molecule has 1 atom stereocenters. The second kappa shape index (κ2) is 12.0. The molecule has 0 spiro atoms. The molecule has 1 aromatic rings. The van der Waals surface area contributed by atoms with Crippen LogP contribution in [0.5, 0.6) is 0 Å². The van der Waals surface area contributed by atoms with Gasteiger partial charge in [-0.25, -0.2) is 0 Å². The Kier molecular flexibility index (Phi) is 10.7. The third-order valence-electron chi connectivity index (χ3n) is 3.42. The minimum Gasteiger partial charge on any atom is -0.356 e. The molecular weight excluding hydrogens is 443 g/mol. The quantitative estimate of drug-likeness (QED) is 0.249. The van der Waals surface area contributed by atoms with Crippen LogP contribution in [0.1, 0.15) is 28.9 Å². The molecule has 1 fully saturated rings. The second-order valence-electron chi connectivity index (χ2n) is 5.10. The van der Waals surface area contributed by atoms with Crippen molar-refractivity contribution in [3.8, 4) is 0 Å².